The average molecular weight is 525 g/mol. The summed E-state index contributed by atoms with van der Waals surface area (Å²) in [6.07, 6.45) is 0.860. The van der Waals surface area contributed by atoms with Crippen molar-refractivity contribution < 1.29 is 17.4 Å². The van der Waals surface area contributed by atoms with Crippen LogP contribution in [0, 0.1) is 0 Å². The minimum absolute atomic E-state index is 0. The zero-order valence-electron chi connectivity index (χ0n) is 18.9. The molecule has 0 radical (unpaired) electrons. The summed E-state index contributed by atoms with van der Waals surface area (Å²) in [4.78, 5) is 0. The van der Waals surface area contributed by atoms with E-state index in [2.05, 4.69) is 87.4 Å². The van der Waals surface area contributed by atoms with Crippen LogP contribution in [0.5, 0.6) is 0 Å². The van der Waals surface area contributed by atoms with E-state index in [1.165, 1.54) is 22.3 Å². The molecule has 0 saturated carbocycles. The average Bonchev–Trinajstić information content (AvgIpc) is 2.91. The summed E-state index contributed by atoms with van der Waals surface area (Å²) in [7, 11) is -0.290. The van der Waals surface area contributed by atoms with Crippen molar-refractivity contribution in [1.29, 1.82) is 0 Å². The smallest absolute Gasteiger partial charge is 0.147 e. The van der Waals surface area contributed by atoms with E-state index in [4.69, 9.17) is 3.01 Å². The first kappa shape index (κ1) is 27.2. The Morgan fingerprint density at radius 2 is 1.59 bits per heavy atom. The molecule has 0 amide bonds. The van der Waals surface area contributed by atoms with Crippen molar-refractivity contribution in [2.24, 2.45) is 0 Å². The molecule has 0 heterocycles. The second-order valence-electron chi connectivity index (χ2n) is 11.3. The molecule has 0 atom stereocenters. The van der Waals surface area contributed by atoms with Crippen molar-refractivity contribution in [3.05, 3.63) is 53.6 Å². The molecular weight excluding hydrogens is 487 g/mol. The number of hydrogen-bond donors (Lipinski definition) is 0. The molecule has 0 aromatic heterocycles. The van der Waals surface area contributed by atoms with Gasteiger partial charge in [-0.05, 0) is 0 Å². The SMILES string of the molecule is C[CH2][Ti]([CH3])(=[O])(=[SiH2])([O][Si](C)(C)C)([c]1cccc2c1Cc1ccccc1-2)[SiH](C)C.Cl.Cl. The summed E-state index contributed by atoms with van der Waals surface area (Å²) >= 11 is -5.69. The third kappa shape index (κ3) is 3.70. The summed E-state index contributed by atoms with van der Waals surface area (Å²) < 4.78 is 24.9. The van der Waals surface area contributed by atoms with Gasteiger partial charge in [-0.1, -0.05) is 0 Å². The van der Waals surface area contributed by atoms with Gasteiger partial charge in [0.1, 0.15) is 0 Å². The van der Waals surface area contributed by atoms with Crippen molar-refractivity contribution in [2.45, 2.75) is 56.0 Å². The van der Waals surface area contributed by atoms with E-state index in [0.29, 0.717) is 4.73 Å². The van der Waals surface area contributed by atoms with E-state index >= 15 is 3.32 Å². The molecule has 0 spiro atoms. The Balaban J connectivity index is 0.00000210. The summed E-state index contributed by atoms with van der Waals surface area (Å²) in [5, 5.41) is 2.10. The zero-order chi connectivity index (χ0) is 20.4. The number of halogens is 2. The summed E-state index contributed by atoms with van der Waals surface area (Å²) in [5.74, 6) is 0. The maximum Gasteiger partial charge on any atom is -0.147 e. The fourth-order valence-electron chi connectivity index (χ4n) is 5.40. The molecule has 0 unspecified atom stereocenters. The Labute approximate surface area is 188 Å². The molecule has 2 aromatic rings. The first-order valence-electron chi connectivity index (χ1n) is 10.2. The van der Waals surface area contributed by atoms with E-state index in [1.807, 2.05) is 0 Å². The van der Waals surface area contributed by atoms with E-state index < -0.39 is 26.1 Å². The van der Waals surface area contributed by atoms with Gasteiger partial charge in [0, 0.05) is 0 Å². The van der Waals surface area contributed by atoms with Gasteiger partial charge < -0.3 is 0 Å². The second-order valence-corrected chi connectivity index (χ2v) is 61.3. The Kier molecular flexibility index (Phi) is 6.39. The van der Waals surface area contributed by atoms with Crippen LogP contribution in [0.3, 0.4) is 0 Å². The van der Waals surface area contributed by atoms with E-state index in [-0.39, 0.29) is 24.8 Å². The molecule has 1 aliphatic carbocycles. The maximum absolute atomic E-state index is 16.1. The van der Waals surface area contributed by atoms with Gasteiger partial charge in [-0.15, -0.1) is 24.8 Å². The van der Waals surface area contributed by atoms with Crippen LogP contribution >= 0.6 is 24.8 Å². The Morgan fingerprint density at radius 3 is 2.10 bits per heavy atom. The van der Waals surface area contributed by atoms with Crippen molar-refractivity contribution >= 4 is 51.3 Å². The van der Waals surface area contributed by atoms with E-state index in [9.17, 15) is 0 Å². The van der Waals surface area contributed by atoms with Gasteiger partial charge in [-0.3, -0.25) is 0 Å². The van der Waals surface area contributed by atoms with Crippen LogP contribution < -0.4 is 3.87 Å². The summed E-state index contributed by atoms with van der Waals surface area (Å²) in [6.45, 7) is 11.4. The van der Waals surface area contributed by atoms with Crippen LogP contribution in [0.15, 0.2) is 42.5 Å². The van der Waals surface area contributed by atoms with Crippen LogP contribution in [-0.2, 0) is 23.8 Å². The first-order valence-corrected chi connectivity index (χ1v) is 28.0. The Hall–Kier alpha value is 0.145. The predicted molar refractivity (Wildman–Crippen MR) is 138 cm³/mol. The minimum Gasteiger partial charge on any atom is -0.147 e. The van der Waals surface area contributed by atoms with Crippen molar-refractivity contribution in [2.75, 3.05) is 0 Å². The standard InChI is InChI=1S/C13H9.C3H9OSi.C2H7Si.C2H5.CH3.2ClH.O.H2Si.Ti/c1-3-7-12-10(5-1)9-11-6-2-4-8-13(11)12;1-5(2,3)4;1-3-2;1-2;;;;;;/h1-5,7-8H,9H2;1-3H3;3H,1-2H3;1H2,2H3;1H3;2*1H;;1H2;/q;-1;;;;;;;;+1. The van der Waals surface area contributed by atoms with E-state index in [0.717, 1.165) is 10.3 Å². The maximum atomic E-state index is 16.1. The molecule has 0 aliphatic heterocycles. The topological polar surface area (TPSA) is 26.3 Å². The van der Waals surface area contributed by atoms with Gasteiger partial charge in [0.25, 0.3) is 0 Å². The van der Waals surface area contributed by atoms with Crippen LogP contribution in [0.1, 0.15) is 18.1 Å². The summed E-state index contributed by atoms with van der Waals surface area (Å²) in [5.41, 5.74) is 5.13. The second kappa shape index (κ2) is 6.82. The minimum atomic E-state index is -5.69. The molecule has 3 rings (SSSR count). The molecule has 2 aromatic carbocycles. The van der Waals surface area contributed by atoms with Crippen molar-refractivity contribution in [3.63, 3.8) is 0 Å². The monoisotopic (exact) mass is 523 g/mol. The van der Waals surface area contributed by atoms with Gasteiger partial charge in [-0.25, -0.2) is 0 Å². The third-order valence-corrected chi connectivity index (χ3v) is 68.4. The van der Waals surface area contributed by atoms with Crippen LogP contribution in [0.25, 0.3) is 11.1 Å². The number of fused-ring (bicyclic) bond motifs is 3. The molecular formula is C21H37Cl2O2Si3Ti. The van der Waals surface area contributed by atoms with Gasteiger partial charge in [0.15, 0.2) is 0 Å². The van der Waals surface area contributed by atoms with Crippen molar-refractivity contribution in [3.8, 4) is 11.1 Å². The number of rotatable bonds is 5. The zero-order valence-corrected chi connectivity index (χ0v) is 25.6. The molecule has 0 fully saturated rings. The van der Waals surface area contributed by atoms with Gasteiger partial charge in [-0.2, -0.15) is 0 Å². The van der Waals surface area contributed by atoms with Gasteiger partial charge >= 0.3 is 165 Å². The molecule has 163 valence electrons. The largest absolute Gasteiger partial charge is 0.147 e. The fourth-order valence-corrected chi connectivity index (χ4v) is 48.9. The number of hydrogen-bond acceptors (Lipinski definition) is 2. The Bertz CT molecular complexity index is 1180. The summed E-state index contributed by atoms with van der Waals surface area (Å²) in [6, 6.07) is 15.1. The predicted octanol–water partition coefficient (Wildman–Crippen LogP) is 5.62. The number of benzene rings is 2. The van der Waals surface area contributed by atoms with E-state index in [1.54, 1.807) is 7.63 Å². The quantitative estimate of drug-likeness (QED) is 0.405. The fraction of sp³-hybridized carbons (Fsp3) is 0.429. The molecule has 0 bridgehead atoms. The van der Waals surface area contributed by atoms with Crippen LogP contribution in [-0.4, -0.2) is 22.6 Å². The third-order valence-electron chi connectivity index (χ3n) is 8.01. The molecule has 0 saturated heterocycles. The molecule has 2 nitrogen and oxygen atoms in total. The molecule has 0 N–H and O–H groups in total. The van der Waals surface area contributed by atoms with Gasteiger partial charge in [0.2, 0.25) is 0 Å². The molecule has 29 heavy (non-hydrogen) atoms. The van der Waals surface area contributed by atoms with Crippen LogP contribution in [0.4, 0.5) is 0 Å². The Morgan fingerprint density at radius 1 is 1.03 bits per heavy atom. The molecule has 8 heteroatoms. The van der Waals surface area contributed by atoms with Crippen LogP contribution in [0.2, 0.25) is 42.7 Å². The molecule has 1 aliphatic rings. The normalized spacial score (nSPS) is 16.9. The first-order chi connectivity index (χ1) is 12.1. The van der Waals surface area contributed by atoms with Gasteiger partial charge in [0.05, 0.1) is 0 Å². The van der Waals surface area contributed by atoms with Crippen molar-refractivity contribution in [1.82, 2.24) is 0 Å².